The molecule has 24 heavy (non-hydrogen) atoms. The van der Waals surface area contributed by atoms with Gasteiger partial charge in [0, 0.05) is 18.4 Å². The molecule has 6 rings (SSSR count). The van der Waals surface area contributed by atoms with Crippen molar-refractivity contribution in [2.45, 2.75) is 63.8 Å². The first-order valence-electron chi connectivity index (χ1n) is 9.72. The molecule has 1 aromatic carbocycles. The van der Waals surface area contributed by atoms with E-state index in [4.69, 9.17) is 5.10 Å². The van der Waals surface area contributed by atoms with Gasteiger partial charge in [-0.1, -0.05) is 30.3 Å². The Labute approximate surface area is 144 Å². The van der Waals surface area contributed by atoms with Gasteiger partial charge in [-0.3, -0.25) is 0 Å². The van der Waals surface area contributed by atoms with Crippen molar-refractivity contribution in [3.63, 3.8) is 0 Å². The molecule has 4 aliphatic carbocycles. The van der Waals surface area contributed by atoms with Crippen molar-refractivity contribution in [1.29, 1.82) is 0 Å². The molecule has 3 heteroatoms. The third kappa shape index (κ3) is 2.24. The maximum Gasteiger partial charge on any atom is 0.139 e. The summed E-state index contributed by atoms with van der Waals surface area (Å²) < 4.78 is 2.44. The number of hydrogen-bond acceptors (Lipinski definition) is 2. The van der Waals surface area contributed by atoms with E-state index in [1.165, 1.54) is 49.9 Å². The predicted octanol–water partition coefficient (Wildman–Crippen LogP) is 4.36. The van der Waals surface area contributed by atoms with E-state index in [2.05, 4.69) is 46.9 Å². The van der Waals surface area contributed by atoms with Crippen molar-refractivity contribution in [2.24, 2.45) is 17.8 Å². The molecule has 0 amide bonds. The molecule has 126 valence electrons. The fourth-order valence-corrected chi connectivity index (χ4v) is 6.35. The van der Waals surface area contributed by atoms with Crippen molar-refractivity contribution < 1.29 is 0 Å². The lowest BCUT2D eigenvalue weighted by Gasteiger charge is -2.56. The van der Waals surface area contributed by atoms with Crippen LogP contribution in [-0.2, 0) is 18.4 Å². The minimum atomic E-state index is 0.340. The lowest BCUT2D eigenvalue weighted by molar-refractivity contribution is -0.0111. The van der Waals surface area contributed by atoms with Crippen LogP contribution in [0.1, 0.15) is 62.7 Å². The number of aromatic nitrogens is 3. The summed E-state index contributed by atoms with van der Waals surface area (Å²) in [6, 6.07) is 10.7. The van der Waals surface area contributed by atoms with Crippen LogP contribution in [0.3, 0.4) is 0 Å². The van der Waals surface area contributed by atoms with Crippen LogP contribution in [0, 0.1) is 17.8 Å². The van der Waals surface area contributed by atoms with Crippen molar-refractivity contribution in [3.8, 4) is 0 Å². The quantitative estimate of drug-likeness (QED) is 0.838. The Kier molecular flexibility index (Phi) is 3.33. The lowest BCUT2D eigenvalue weighted by atomic mass is 9.49. The molecule has 0 spiro atoms. The van der Waals surface area contributed by atoms with Crippen LogP contribution < -0.4 is 0 Å². The average molecular weight is 321 g/mol. The molecule has 4 bridgehead atoms. The molecule has 4 fully saturated rings. The first-order valence-corrected chi connectivity index (χ1v) is 9.72. The summed E-state index contributed by atoms with van der Waals surface area (Å²) in [6.07, 6.45) is 9.44. The molecule has 3 nitrogen and oxygen atoms in total. The number of rotatable bonds is 4. The molecule has 2 aromatic rings. The van der Waals surface area contributed by atoms with Crippen LogP contribution in [0.25, 0.3) is 0 Å². The van der Waals surface area contributed by atoms with Gasteiger partial charge in [0.1, 0.15) is 11.6 Å². The average Bonchev–Trinajstić information content (AvgIpc) is 2.98. The summed E-state index contributed by atoms with van der Waals surface area (Å²) in [7, 11) is 0. The molecule has 0 unspecified atom stereocenters. The van der Waals surface area contributed by atoms with Gasteiger partial charge in [0.2, 0.25) is 0 Å². The van der Waals surface area contributed by atoms with Crippen molar-refractivity contribution in [2.75, 3.05) is 0 Å². The van der Waals surface area contributed by atoms with Gasteiger partial charge < -0.3 is 4.57 Å². The van der Waals surface area contributed by atoms with Crippen LogP contribution in [0.15, 0.2) is 30.3 Å². The molecule has 1 heterocycles. The third-order valence-corrected chi connectivity index (χ3v) is 6.86. The molecule has 1 aromatic heterocycles. The third-order valence-electron chi connectivity index (χ3n) is 6.86. The molecular weight excluding hydrogens is 294 g/mol. The zero-order chi connectivity index (χ0) is 16.1. The minimum Gasteiger partial charge on any atom is -0.315 e. The van der Waals surface area contributed by atoms with Gasteiger partial charge in [0.25, 0.3) is 0 Å². The van der Waals surface area contributed by atoms with Crippen LogP contribution >= 0.6 is 0 Å². The topological polar surface area (TPSA) is 30.7 Å². The Morgan fingerprint density at radius 2 is 1.58 bits per heavy atom. The van der Waals surface area contributed by atoms with E-state index < -0.39 is 0 Å². The highest BCUT2D eigenvalue weighted by molar-refractivity contribution is 5.23. The number of nitrogens with zero attached hydrogens (tertiary/aromatic N) is 3. The second-order valence-electron chi connectivity index (χ2n) is 8.54. The second kappa shape index (κ2) is 5.44. The van der Waals surface area contributed by atoms with Crippen LogP contribution in [0.5, 0.6) is 0 Å². The standard InChI is InChI=1S/C21H27N3/c1-2-24-19(11-15-6-4-3-5-7-15)22-23-20(24)21-12-16-8-17(13-21)10-18(9-16)14-21/h3-7,16-18H,2,8-14H2,1H3. The molecule has 0 N–H and O–H groups in total. The Balaban J connectivity index is 1.50. The summed E-state index contributed by atoms with van der Waals surface area (Å²) in [5, 5.41) is 9.44. The first-order chi connectivity index (χ1) is 11.8. The molecule has 4 aliphatic rings. The van der Waals surface area contributed by atoms with E-state index in [0.717, 1.165) is 36.5 Å². The van der Waals surface area contributed by atoms with Crippen molar-refractivity contribution in [1.82, 2.24) is 14.8 Å². The Morgan fingerprint density at radius 1 is 0.958 bits per heavy atom. The maximum atomic E-state index is 4.79. The fraction of sp³-hybridized carbons (Fsp3) is 0.619. The smallest absolute Gasteiger partial charge is 0.139 e. The van der Waals surface area contributed by atoms with Crippen molar-refractivity contribution in [3.05, 3.63) is 47.5 Å². The highest BCUT2D eigenvalue weighted by Gasteiger charge is 2.53. The molecular formula is C21H27N3. The van der Waals surface area contributed by atoms with Gasteiger partial charge in [-0.15, -0.1) is 10.2 Å². The summed E-state index contributed by atoms with van der Waals surface area (Å²) in [6.45, 7) is 3.24. The first kappa shape index (κ1) is 14.7. The normalized spacial score (nSPS) is 34.0. The van der Waals surface area contributed by atoms with Crippen molar-refractivity contribution >= 4 is 0 Å². The Hall–Kier alpha value is -1.64. The Morgan fingerprint density at radius 3 is 2.17 bits per heavy atom. The minimum absolute atomic E-state index is 0.340. The monoisotopic (exact) mass is 321 g/mol. The zero-order valence-corrected chi connectivity index (χ0v) is 14.6. The summed E-state index contributed by atoms with van der Waals surface area (Å²) >= 11 is 0. The SMILES string of the molecule is CCn1c(Cc2ccccc2)nnc1C12CC3CC(CC(C3)C1)C2. The van der Waals surface area contributed by atoms with Gasteiger partial charge in [0.15, 0.2) is 0 Å². The number of hydrogen-bond donors (Lipinski definition) is 0. The molecule has 0 saturated heterocycles. The molecule has 0 atom stereocenters. The van der Waals surface area contributed by atoms with Crippen LogP contribution in [0.4, 0.5) is 0 Å². The van der Waals surface area contributed by atoms with E-state index in [0.29, 0.717) is 5.41 Å². The van der Waals surface area contributed by atoms with Gasteiger partial charge in [0.05, 0.1) is 0 Å². The van der Waals surface area contributed by atoms with Crippen LogP contribution in [-0.4, -0.2) is 14.8 Å². The van der Waals surface area contributed by atoms with Gasteiger partial charge in [-0.05, 0) is 68.8 Å². The summed E-state index contributed by atoms with van der Waals surface area (Å²) in [5.41, 5.74) is 1.67. The van der Waals surface area contributed by atoms with Crippen LogP contribution in [0.2, 0.25) is 0 Å². The van der Waals surface area contributed by atoms with Gasteiger partial charge in [-0.25, -0.2) is 0 Å². The van der Waals surface area contributed by atoms with Gasteiger partial charge >= 0.3 is 0 Å². The van der Waals surface area contributed by atoms with E-state index in [1.807, 2.05) is 0 Å². The summed E-state index contributed by atoms with van der Waals surface area (Å²) in [4.78, 5) is 0. The van der Waals surface area contributed by atoms with Gasteiger partial charge in [-0.2, -0.15) is 0 Å². The van der Waals surface area contributed by atoms with E-state index in [1.54, 1.807) is 0 Å². The zero-order valence-electron chi connectivity index (χ0n) is 14.6. The highest BCUT2D eigenvalue weighted by atomic mass is 15.3. The number of benzene rings is 1. The Bertz CT molecular complexity index is 696. The lowest BCUT2D eigenvalue weighted by Crippen LogP contribution is -2.49. The molecule has 0 radical (unpaired) electrons. The molecule has 0 aliphatic heterocycles. The van der Waals surface area contributed by atoms with E-state index >= 15 is 0 Å². The maximum absolute atomic E-state index is 4.79. The fourth-order valence-electron chi connectivity index (χ4n) is 6.35. The van der Waals surface area contributed by atoms with E-state index in [-0.39, 0.29) is 0 Å². The predicted molar refractivity (Wildman–Crippen MR) is 94.8 cm³/mol. The van der Waals surface area contributed by atoms with E-state index in [9.17, 15) is 0 Å². The summed E-state index contributed by atoms with van der Waals surface area (Å²) in [5.74, 6) is 5.33. The highest BCUT2D eigenvalue weighted by Crippen LogP contribution is 2.60. The largest absolute Gasteiger partial charge is 0.315 e. The second-order valence-corrected chi connectivity index (χ2v) is 8.54. The molecule has 4 saturated carbocycles.